The van der Waals surface area contributed by atoms with Crippen molar-refractivity contribution in [1.82, 2.24) is 30.0 Å². The number of benzene rings is 2. The Bertz CT molecular complexity index is 1370. The van der Waals surface area contributed by atoms with Gasteiger partial charge in [-0.1, -0.05) is 11.2 Å². The number of carbonyl (C=O) groups excluding carboxylic acids is 1. The van der Waals surface area contributed by atoms with E-state index in [4.69, 9.17) is 14.0 Å². The van der Waals surface area contributed by atoms with E-state index in [9.17, 15) is 13.6 Å². The van der Waals surface area contributed by atoms with Gasteiger partial charge in [0.15, 0.2) is 23.1 Å². The molecule has 0 saturated carbocycles. The van der Waals surface area contributed by atoms with Crippen LogP contribution >= 0.6 is 0 Å². The molecule has 4 aromatic rings. The van der Waals surface area contributed by atoms with Gasteiger partial charge < -0.3 is 18.9 Å². The molecule has 0 bridgehead atoms. The monoisotopic (exact) mass is 482 g/mol. The summed E-state index contributed by atoms with van der Waals surface area (Å²) < 4.78 is 44.3. The average Bonchev–Trinajstić information content (AvgIpc) is 3.64. The maximum atomic E-state index is 14.5. The predicted octanol–water partition coefficient (Wildman–Crippen LogP) is 3.59. The average molecular weight is 482 g/mol. The molecule has 1 aliphatic heterocycles. The highest BCUT2D eigenvalue weighted by atomic mass is 19.1. The smallest absolute Gasteiger partial charge is 0.256 e. The first-order chi connectivity index (χ1) is 17.0. The van der Waals surface area contributed by atoms with E-state index in [1.165, 1.54) is 49.6 Å². The summed E-state index contributed by atoms with van der Waals surface area (Å²) in [7, 11) is 2.67. The highest BCUT2D eigenvalue weighted by Gasteiger charge is 2.36. The highest BCUT2D eigenvalue weighted by molar-refractivity contribution is 5.98. The van der Waals surface area contributed by atoms with Crippen molar-refractivity contribution < 1.29 is 27.6 Å². The SMILES string of the molecule is COc1cc(C(=O)N2CCC[C@H]2c2nc(-c3cccc(F)c3OC)no2)c(-n2nccn2)cc1F. The summed E-state index contributed by atoms with van der Waals surface area (Å²) in [5.41, 5.74) is 0.645. The molecule has 2 aromatic heterocycles. The third-order valence-corrected chi connectivity index (χ3v) is 5.79. The summed E-state index contributed by atoms with van der Waals surface area (Å²) in [5, 5.41) is 12.0. The van der Waals surface area contributed by atoms with Crippen LogP contribution in [0, 0.1) is 11.6 Å². The van der Waals surface area contributed by atoms with E-state index < -0.39 is 23.6 Å². The first-order valence-corrected chi connectivity index (χ1v) is 10.7. The van der Waals surface area contributed by atoms with Gasteiger partial charge >= 0.3 is 0 Å². The molecule has 0 spiro atoms. The van der Waals surface area contributed by atoms with Crippen LogP contribution in [0.2, 0.25) is 0 Å². The highest BCUT2D eigenvalue weighted by Crippen LogP contribution is 2.36. The van der Waals surface area contributed by atoms with Crippen molar-refractivity contribution in [2.45, 2.75) is 18.9 Å². The Balaban J connectivity index is 1.50. The van der Waals surface area contributed by atoms with Gasteiger partial charge in [0.25, 0.3) is 5.91 Å². The van der Waals surface area contributed by atoms with Gasteiger partial charge in [-0.15, -0.1) is 0 Å². The summed E-state index contributed by atoms with van der Waals surface area (Å²) in [6.45, 7) is 0.413. The van der Waals surface area contributed by atoms with Crippen LogP contribution < -0.4 is 9.47 Å². The molecule has 180 valence electrons. The summed E-state index contributed by atoms with van der Waals surface area (Å²) in [5.74, 6) is -1.36. The van der Waals surface area contributed by atoms with Crippen molar-refractivity contribution in [3.05, 3.63) is 65.8 Å². The third-order valence-electron chi connectivity index (χ3n) is 5.79. The first-order valence-electron chi connectivity index (χ1n) is 10.7. The van der Waals surface area contributed by atoms with Crippen LogP contribution in [0.15, 0.2) is 47.2 Å². The molecule has 3 heterocycles. The topological polar surface area (TPSA) is 108 Å². The Labute approximate surface area is 198 Å². The number of ether oxygens (including phenoxy) is 2. The second-order valence-electron chi connectivity index (χ2n) is 7.76. The van der Waals surface area contributed by atoms with Crippen molar-refractivity contribution in [3.63, 3.8) is 0 Å². The molecule has 1 aliphatic rings. The number of aromatic nitrogens is 5. The second-order valence-corrected chi connectivity index (χ2v) is 7.76. The van der Waals surface area contributed by atoms with Gasteiger partial charge in [-0.25, -0.2) is 8.78 Å². The van der Waals surface area contributed by atoms with Crippen LogP contribution in [-0.2, 0) is 0 Å². The normalized spacial score (nSPS) is 15.4. The van der Waals surface area contributed by atoms with Crippen molar-refractivity contribution in [2.24, 2.45) is 0 Å². The minimum atomic E-state index is -0.653. The molecular formula is C23H20F2N6O4. The van der Waals surface area contributed by atoms with Gasteiger partial charge in [-0.3, -0.25) is 4.79 Å². The maximum absolute atomic E-state index is 14.5. The number of nitrogens with zero attached hydrogens (tertiary/aromatic N) is 6. The number of hydrogen-bond acceptors (Lipinski definition) is 8. The molecule has 1 atom stereocenters. The van der Waals surface area contributed by atoms with Crippen LogP contribution in [0.25, 0.3) is 17.1 Å². The fourth-order valence-electron chi connectivity index (χ4n) is 4.17. The Morgan fingerprint density at radius 3 is 2.66 bits per heavy atom. The standard InChI is InChI=1S/C23H20F2N6O4/c1-33-19-11-14(18(12-16(19)25)31-26-8-9-27-31)23(32)30-10-4-7-17(30)22-28-21(29-35-22)13-5-3-6-15(24)20(13)34-2/h3,5-6,8-9,11-12,17H,4,7,10H2,1-2H3/t17-/m0/s1. The Morgan fingerprint density at radius 2 is 1.91 bits per heavy atom. The van der Waals surface area contributed by atoms with Crippen molar-refractivity contribution in [3.8, 4) is 28.6 Å². The molecule has 35 heavy (non-hydrogen) atoms. The fraction of sp³-hybridized carbons (Fsp3) is 0.261. The maximum Gasteiger partial charge on any atom is 0.256 e. The molecule has 12 heteroatoms. The Kier molecular flexibility index (Phi) is 5.85. The number of methoxy groups -OCH3 is 2. The van der Waals surface area contributed by atoms with Crippen LogP contribution in [0.5, 0.6) is 11.5 Å². The number of para-hydroxylation sites is 1. The van der Waals surface area contributed by atoms with Crippen LogP contribution in [0.3, 0.4) is 0 Å². The van der Waals surface area contributed by atoms with Gasteiger partial charge in [0.1, 0.15) is 11.7 Å². The summed E-state index contributed by atoms with van der Waals surface area (Å²) in [6.07, 6.45) is 4.11. The number of carbonyl (C=O) groups is 1. The van der Waals surface area contributed by atoms with Gasteiger partial charge in [-0.2, -0.15) is 20.0 Å². The van der Waals surface area contributed by atoms with E-state index in [-0.39, 0.29) is 34.5 Å². The van der Waals surface area contributed by atoms with Crippen molar-refractivity contribution in [1.29, 1.82) is 0 Å². The van der Waals surface area contributed by atoms with Gasteiger partial charge in [-0.05, 0) is 31.0 Å². The Morgan fingerprint density at radius 1 is 1.11 bits per heavy atom. The summed E-state index contributed by atoms with van der Waals surface area (Å²) >= 11 is 0. The molecule has 1 fully saturated rings. The molecule has 5 rings (SSSR count). The number of amides is 1. The van der Waals surface area contributed by atoms with Crippen LogP contribution in [-0.4, -0.2) is 56.7 Å². The summed E-state index contributed by atoms with van der Waals surface area (Å²) in [6, 6.07) is 6.34. The minimum Gasteiger partial charge on any atom is -0.494 e. The second kappa shape index (κ2) is 9.12. The van der Waals surface area contributed by atoms with E-state index in [2.05, 4.69) is 20.3 Å². The zero-order valence-electron chi connectivity index (χ0n) is 18.8. The lowest BCUT2D eigenvalue weighted by molar-refractivity contribution is 0.0709. The minimum absolute atomic E-state index is 0.00558. The van der Waals surface area contributed by atoms with Crippen LogP contribution in [0.4, 0.5) is 8.78 Å². The number of hydrogen-bond donors (Lipinski definition) is 0. The number of rotatable bonds is 6. The molecule has 0 aliphatic carbocycles. The lowest BCUT2D eigenvalue weighted by atomic mass is 10.1. The lowest BCUT2D eigenvalue weighted by Crippen LogP contribution is -2.31. The van der Waals surface area contributed by atoms with Gasteiger partial charge in [0.2, 0.25) is 11.7 Å². The molecule has 1 amide bonds. The molecular weight excluding hydrogens is 462 g/mol. The zero-order valence-corrected chi connectivity index (χ0v) is 18.8. The van der Waals surface area contributed by atoms with E-state index in [0.717, 1.165) is 6.07 Å². The third kappa shape index (κ3) is 3.96. The fourth-order valence-corrected chi connectivity index (χ4v) is 4.17. The van der Waals surface area contributed by atoms with Gasteiger partial charge in [0.05, 0.1) is 37.7 Å². The molecule has 0 unspecified atom stereocenters. The predicted molar refractivity (Wildman–Crippen MR) is 117 cm³/mol. The summed E-state index contributed by atoms with van der Waals surface area (Å²) in [4.78, 5) is 20.8. The number of likely N-dealkylation sites (tertiary alicyclic amines) is 1. The number of halogens is 2. The van der Waals surface area contributed by atoms with E-state index in [0.29, 0.717) is 24.9 Å². The Hall–Kier alpha value is -4.35. The van der Waals surface area contributed by atoms with E-state index >= 15 is 0 Å². The van der Waals surface area contributed by atoms with E-state index in [1.54, 1.807) is 11.0 Å². The molecule has 0 N–H and O–H groups in total. The van der Waals surface area contributed by atoms with Crippen molar-refractivity contribution in [2.75, 3.05) is 20.8 Å². The quantitative estimate of drug-likeness (QED) is 0.410. The zero-order chi connectivity index (χ0) is 24.5. The first kappa shape index (κ1) is 22.4. The molecule has 2 aromatic carbocycles. The van der Waals surface area contributed by atoms with E-state index in [1.807, 2.05) is 0 Å². The molecule has 1 saturated heterocycles. The van der Waals surface area contributed by atoms with Crippen molar-refractivity contribution >= 4 is 5.91 Å². The molecule has 0 radical (unpaired) electrons. The van der Waals surface area contributed by atoms with Crippen LogP contribution in [0.1, 0.15) is 35.1 Å². The lowest BCUT2D eigenvalue weighted by Gasteiger charge is -2.23. The molecule has 10 nitrogen and oxygen atoms in total. The largest absolute Gasteiger partial charge is 0.494 e. The van der Waals surface area contributed by atoms with Gasteiger partial charge in [0, 0.05) is 12.6 Å².